The molecule has 22 heavy (non-hydrogen) atoms. The number of hydrogen-bond donors (Lipinski definition) is 1. The fourth-order valence-electron chi connectivity index (χ4n) is 2.53. The second-order valence-electron chi connectivity index (χ2n) is 4.82. The van der Waals surface area contributed by atoms with Crippen LogP contribution in [0.2, 0.25) is 0 Å². The lowest BCUT2D eigenvalue weighted by Crippen LogP contribution is -1.90. The molecule has 0 aliphatic rings. The zero-order valence-corrected chi connectivity index (χ0v) is 13.0. The summed E-state index contributed by atoms with van der Waals surface area (Å²) in [6, 6.07) is 26.7. The summed E-state index contributed by atoms with van der Waals surface area (Å²) in [6.45, 7) is 0. The van der Waals surface area contributed by atoms with E-state index in [1.807, 2.05) is 48.5 Å². The summed E-state index contributed by atoms with van der Waals surface area (Å²) >= 11 is 0. The molecular weight excluding hydrogens is 284 g/mol. The van der Waals surface area contributed by atoms with E-state index in [9.17, 15) is 0 Å². The normalized spacial score (nSPS) is 9.86. The Hall–Kier alpha value is -2.60. The third-order valence-electron chi connectivity index (χ3n) is 3.46. The summed E-state index contributed by atoms with van der Waals surface area (Å²) in [5.74, 6) is 3.08. The smallest absolute Gasteiger partial charge is 0.330 e. The molecule has 0 amide bonds. The lowest BCUT2D eigenvalue weighted by molar-refractivity contribution is 0.616. The maximum atomic E-state index is 9.03. The van der Waals surface area contributed by atoms with Gasteiger partial charge in [0.25, 0.3) is 0 Å². The lowest BCUT2D eigenvalue weighted by Gasteiger charge is -2.12. The molecule has 0 heterocycles. The van der Waals surface area contributed by atoms with Crippen LogP contribution in [0.1, 0.15) is 5.56 Å². The Morgan fingerprint density at radius 2 is 1.32 bits per heavy atom. The average Bonchev–Trinajstić information content (AvgIpc) is 2.61. The molecule has 3 aromatic carbocycles. The van der Waals surface area contributed by atoms with Gasteiger partial charge >= 0.3 is 9.76 Å². The maximum absolute atomic E-state index is 9.03. The Kier molecular flexibility index (Phi) is 4.50. The minimum absolute atomic E-state index is 0.360. The summed E-state index contributed by atoms with van der Waals surface area (Å²) in [7, 11) is -0.360. The zero-order valence-electron chi connectivity index (χ0n) is 12.0. The van der Waals surface area contributed by atoms with Crippen molar-refractivity contribution in [3.05, 3.63) is 84.4 Å². The minimum Gasteiger partial charge on any atom is -0.421 e. The third-order valence-corrected chi connectivity index (χ3v) is 3.70. The fourth-order valence-corrected chi connectivity index (χ4v) is 2.72. The maximum Gasteiger partial charge on any atom is 0.330 e. The predicted octanol–water partition coefficient (Wildman–Crippen LogP) is 3.94. The van der Waals surface area contributed by atoms with Gasteiger partial charge in [-0.2, -0.15) is 0 Å². The Labute approximate surface area is 133 Å². The van der Waals surface area contributed by atoms with Crippen LogP contribution >= 0.6 is 0 Å². The minimum atomic E-state index is -0.360. The number of rotatable bonds is 2. The van der Waals surface area contributed by atoms with Crippen molar-refractivity contribution in [1.29, 1.82) is 0 Å². The summed E-state index contributed by atoms with van der Waals surface area (Å²) in [6.07, 6.45) is 0. The van der Waals surface area contributed by atoms with E-state index in [4.69, 9.17) is 4.80 Å². The molecule has 0 bridgehead atoms. The summed E-state index contributed by atoms with van der Waals surface area (Å²) in [5, 5.41) is 0. The monoisotopic (exact) mass is 298 g/mol. The molecule has 2 radical (unpaired) electrons. The van der Waals surface area contributed by atoms with Crippen LogP contribution in [-0.4, -0.2) is 14.6 Å². The van der Waals surface area contributed by atoms with Crippen molar-refractivity contribution in [3.8, 4) is 33.7 Å². The SMILES string of the molecule is O[Si]C#Cc1cccc(-c2ccccc2)c1-c1ccccc1. The van der Waals surface area contributed by atoms with Gasteiger partial charge in [0.05, 0.1) is 0 Å². The zero-order chi connectivity index (χ0) is 15.2. The van der Waals surface area contributed by atoms with Crippen molar-refractivity contribution in [2.24, 2.45) is 0 Å². The molecule has 0 saturated heterocycles. The largest absolute Gasteiger partial charge is 0.421 e. The molecule has 104 valence electrons. The first-order valence-electron chi connectivity index (χ1n) is 7.04. The molecule has 0 saturated carbocycles. The molecular formula is C20H14OSi. The standard InChI is InChI=1S/C20H14OSi/c21-22-15-14-18-12-7-13-19(16-8-3-1-4-9-16)20(18)17-10-5-2-6-11-17/h1-13,21H. The van der Waals surface area contributed by atoms with E-state index in [-0.39, 0.29) is 9.76 Å². The van der Waals surface area contributed by atoms with Gasteiger partial charge in [0.2, 0.25) is 0 Å². The van der Waals surface area contributed by atoms with Gasteiger partial charge in [-0.15, -0.1) is 0 Å². The van der Waals surface area contributed by atoms with Gasteiger partial charge in [0, 0.05) is 11.1 Å². The van der Waals surface area contributed by atoms with Crippen LogP contribution in [0.3, 0.4) is 0 Å². The molecule has 0 atom stereocenters. The lowest BCUT2D eigenvalue weighted by atomic mass is 9.91. The predicted molar refractivity (Wildman–Crippen MR) is 92.2 cm³/mol. The average molecular weight is 298 g/mol. The van der Waals surface area contributed by atoms with Gasteiger partial charge in [-0.05, 0) is 22.8 Å². The van der Waals surface area contributed by atoms with Crippen molar-refractivity contribution in [1.82, 2.24) is 0 Å². The molecule has 1 N–H and O–H groups in total. The Bertz CT molecular complexity index is 815. The van der Waals surface area contributed by atoms with E-state index in [2.05, 4.69) is 41.8 Å². The molecule has 3 rings (SSSR count). The highest BCUT2D eigenvalue weighted by Crippen LogP contribution is 2.34. The first-order chi connectivity index (χ1) is 10.9. The summed E-state index contributed by atoms with van der Waals surface area (Å²) in [4.78, 5) is 9.03. The second-order valence-corrected chi connectivity index (χ2v) is 5.30. The highest BCUT2D eigenvalue weighted by Gasteiger charge is 2.10. The first kappa shape index (κ1) is 14.3. The van der Waals surface area contributed by atoms with E-state index in [1.54, 1.807) is 0 Å². The van der Waals surface area contributed by atoms with Gasteiger partial charge in [-0.25, -0.2) is 0 Å². The van der Waals surface area contributed by atoms with Crippen LogP contribution in [0.5, 0.6) is 0 Å². The molecule has 0 spiro atoms. The van der Waals surface area contributed by atoms with Crippen LogP contribution < -0.4 is 0 Å². The van der Waals surface area contributed by atoms with Crippen LogP contribution in [0.4, 0.5) is 0 Å². The van der Waals surface area contributed by atoms with E-state index < -0.39 is 0 Å². The van der Waals surface area contributed by atoms with E-state index >= 15 is 0 Å². The third kappa shape index (κ3) is 3.01. The highest BCUT2D eigenvalue weighted by atomic mass is 28.2. The van der Waals surface area contributed by atoms with Crippen molar-refractivity contribution < 1.29 is 4.80 Å². The van der Waals surface area contributed by atoms with Crippen molar-refractivity contribution in [2.75, 3.05) is 0 Å². The van der Waals surface area contributed by atoms with Crippen LogP contribution in [-0.2, 0) is 0 Å². The molecule has 0 aliphatic carbocycles. The van der Waals surface area contributed by atoms with Crippen molar-refractivity contribution >= 4 is 9.76 Å². The van der Waals surface area contributed by atoms with Crippen LogP contribution in [0.25, 0.3) is 22.3 Å². The molecule has 0 aliphatic heterocycles. The van der Waals surface area contributed by atoms with Crippen LogP contribution in [0.15, 0.2) is 78.9 Å². The van der Waals surface area contributed by atoms with E-state index in [0.29, 0.717) is 0 Å². The highest BCUT2D eigenvalue weighted by molar-refractivity contribution is 6.37. The van der Waals surface area contributed by atoms with Gasteiger partial charge in [0.1, 0.15) is 0 Å². The van der Waals surface area contributed by atoms with Gasteiger partial charge in [0.15, 0.2) is 0 Å². The molecule has 0 unspecified atom stereocenters. The molecule has 0 aromatic heterocycles. The van der Waals surface area contributed by atoms with Gasteiger partial charge in [-0.1, -0.05) is 84.3 Å². The molecule has 0 fully saturated rings. The van der Waals surface area contributed by atoms with Crippen molar-refractivity contribution in [2.45, 2.75) is 0 Å². The summed E-state index contributed by atoms with van der Waals surface area (Å²) in [5.41, 5.74) is 8.28. The Morgan fingerprint density at radius 1 is 0.682 bits per heavy atom. The Morgan fingerprint density at radius 3 is 1.95 bits per heavy atom. The number of hydrogen-bond acceptors (Lipinski definition) is 1. The topological polar surface area (TPSA) is 20.2 Å². The van der Waals surface area contributed by atoms with Crippen LogP contribution in [0, 0.1) is 11.5 Å². The summed E-state index contributed by atoms with van der Waals surface area (Å²) < 4.78 is 0. The quantitative estimate of drug-likeness (QED) is 0.561. The molecule has 3 aromatic rings. The first-order valence-corrected chi connectivity index (χ1v) is 7.99. The van der Waals surface area contributed by atoms with Crippen molar-refractivity contribution in [3.63, 3.8) is 0 Å². The molecule has 2 heteroatoms. The molecule has 1 nitrogen and oxygen atoms in total. The second kappa shape index (κ2) is 6.90. The van der Waals surface area contributed by atoms with E-state index in [0.717, 1.165) is 27.8 Å². The van der Waals surface area contributed by atoms with Gasteiger partial charge in [-0.3, -0.25) is 0 Å². The van der Waals surface area contributed by atoms with Gasteiger partial charge < -0.3 is 4.80 Å². The fraction of sp³-hybridized carbons (Fsp3) is 0. The number of benzene rings is 3. The Balaban J connectivity index is 2.27. The van der Waals surface area contributed by atoms with E-state index in [1.165, 1.54) is 0 Å².